The quantitative estimate of drug-likeness (QED) is 0.00738. The molecule has 4 aliphatic heterocycles. The van der Waals surface area contributed by atoms with Crippen molar-refractivity contribution in [3.05, 3.63) is 96.1 Å². The molecule has 0 aliphatic carbocycles. The van der Waals surface area contributed by atoms with Crippen molar-refractivity contribution < 1.29 is 172 Å². The summed E-state index contributed by atoms with van der Waals surface area (Å²) < 4.78 is 80.0. The lowest BCUT2D eigenvalue weighted by Gasteiger charge is -2.46. The second-order valence-corrected chi connectivity index (χ2v) is 22.2. The molecular formula is C62H69O35+. The highest BCUT2D eigenvalue weighted by atomic mass is 16.8. The predicted octanol–water partition coefficient (Wildman–Crippen LogP) is -2.86. The molecule has 5 aromatic rings. The number of aromatic hydroxyl groups is 4. The number of phenolic OH excluding ortho intramolecular Hbond substituents is 4. The van der Waals surface area contributed by atoms with Crippen LogP contribution in [0.1, 0.15) is 17.5 Å². The topological polar surface area (TPSA) is 543 Å². The van der Waals surface area contributed by atoms with Crippen LogP contribution in [0.25, 0.3) is 34.4 Å². The summed E-state index contributed by atoms with van der Waals surface area (Å²) in [5.41, 5.74) is 0.105. The van der Waals surface area contributed by atoms with E-state index in [9.17, 15) is 101 Å². The van der Waals surface area contributed by atoms with Crippen LogP contribution in [0.3, 0.4) is 0 Å². The summed E-state index contributed by atoms with van der Waals surface area (Å²) in [5.74, 6) is -9.01. The number of aliphatic hydroxyl groups is 12. The van der Waals surface area contributed by atoms with E-state index in [2.05, 4.69) is 0 Å². The third-order valence-electron chi connectivity index (χ3n) is 15.6. The molecule has 0 bridgehead atoms. The van der Waals surface area contributed by atoms with Gasteiger partial charge in [0, 0.05) is 30.4 Å². The molecule has 17 N–H and O–H groups in total. The average molecular weight is 1370 g/mol. The number of hydrogen-bond donors (Lipinski definition) is 17. The molecule has 35 nitrogen and oxygen atoms in total. The second kappa shape index (κ2) is 31.6. The zero-order valence-electron chi connectivity index (χ0n) is 50.8. The molecule has 4 fully saturated rings. The number of aliphatic carboxylic acids is 1. The van der Waals surface area contributed by atoms with Crippen molar-refractivity contribution in [3.63, 3.8) is 0 Å². The van der Waals surface area contributed by atoms with Crippen molar-refractivity contribution in [2.24, 2.45) is 0 Å². The second-order valence-electron chi connectivity index (χ2n) is 22.2. The Balaban J connectivity index is 1.05. The van der Waals surface area contributed by atoms with Gasteiger partial charge in [-0.05, 0) is 59.7 Å². The number of fused-ring (bicyclic) bond motifs is 1. The maximum Gasteiger partial charge on any atom is 0.402 e. The number of carboxylic acids is 1. The highest BCUT2D eigenvalue weighted by molar-refractivity contribution is 5.91. The summed E-state index contributed by atoms with van der Waals surface area (Å²) in [6, 6.07) is 14.6. The molecule has 0 unspecified atom stereocenters. The minimum Gasteiger partial charge on any atom is -0.507 e. The Morgan fingerprint density at radius 2 is 1.04 bits per heavy atom. The van der Waals surface area contributed by atoms with Crippen molar-refractivity contribution >= 4 is 47.0 Å². The Bertz CT molecular complexity index is 3610. The van der Waals surface area contributed by atoms with Gasteiger partial charge in [-0.2, -0.15) is 0 Å². The van der Waals surface area contributed by atoms with Crippen LogP contribution in [0.15, 0.2) is 89.4 Å². The molecule has 20 atom stereocenters. The first-order chi connectivity index (χ1) is 46.2. The lowest BCUT2D eigenvalue weighted by Crippen LogP contribution is -2.65. The molecule has 9 rings (SSSR count). The monoisotopic (exact) mass is 1370 g/mol. The fraction of sp³-hybridized carbons (Fsp3) is 0.435. The Hall–Kier alpha value is -8.83. The lowest BCUT2D eigenvalue weighted by atomic mass is 9.97. The number of rotatable bonds is 24. The molecule has 35 heteroatoms. The summed E-state index contributed by atoms with van der Waals surface area (Å²) in [6.07, 6.45) is -35.4. The van der Waals surface area contributed by atoms with E-state index >= 15 is 0 Å². The summed E-state index contributed by atoms with van der Waals surface area (Å²) in [7, 11) is 2.50. The van der Waals surface area contributed by atoms with Crippen molar-refractivity contribution in [2.75, 3.05) is 40.6 Å². The Morgan fingerprint density at radius 1 is 0.505 bits per heavy atom. The summed E-state index contributed by atoms with van der Waals surface area (Å²) in [6.45, 7) is -3.51. The van der Waals surface area contributed by atoms with Gasteiger partial charge >= 0.3 is 35.2 Å². The zero-order chi connectivity index (χ0) is 70.3. The van der Waals surface area contributed by atoms with Gasteiger partial charge in [-0.3, -0.25) is 9.59 Å². The van der Waals surface area contributed by atoms with Crippen LogP contribution in [-0.4, -0.2) is 274 Å². The van der Waals surface area contributed by atoms with Gasteiger partial charge in [0.05, 0.1) is 39.1 Å². The molecule has 97 heavy (non-hydrogen) atoms. The van der Waals surface area contributed by atoms with E-state index in [4.69, 9.17) is 71.1 Å². The molecule has 4 saturated heterocycles. The van der Waals surface area contributed by atoms with Gasteiger partial charge in [0.25, 0.3) is 0 Å². The first-order valence-corrected chi connectivity index (χ1v) is 29.3. The number of carbonyl (C=O) groups excluding carboxylic acids is 3. The van der Waals surface area contributed by atoms with Gasteiger partial charge in [0.2, 0.25) is 30.4 Å². The molecular weight excluding hydrogens is 1300 g/mol. The van der Waals surface area contributed by atoms with Crippen molar-refractivity contribution in [3.8, 4) is 63.1 Å². The Labute approximate surface area is 546 Å². The van der Waals surface area contributed by atoms with Crippen LogP contribution < -0.4 is 23.7 Å². The fourth-order valence-corrected chi connectivity index (χ4v) is 10.4. The number of benzene rings is 4. The largest absolute Gasteiger partial charge is 0.507 e. The number of hydrogen-bond acceptors (Lipinski definition) is 33. The maximum absolute atomic E-state index is 13.6. The third-order valence-corrected chi connectivity index (χ3v) is 15.6. The zero-order valence-corrected chi connectivity index (χ0v) is 50.8. The summed E-state index contributed by atoms with van der Waals surface area (Å²) in [5, 5.41) is 181. The first-order valence-electron chi connectivity index (χ1n) is 29.3. The molecule has 526 valence electrons. The van der Waals surface area contributed by atoms with E-state index in [-0.39, 0.29) is 45.1 Å². The van der Waals surface area contributed by atoms with Crippen LogP contribution in [-0.2, 0) is 57.1 Å². The van der Waals surface area contributed by atoms with Crippen molar-refractivity contribution in [1.82, 2.24) is 0 Å². The minimum atomic E-state index is -2.30. The van der Waals surface area contributed by atoms with E-state index in [1.165, 1.54) is 68.8 Å². The van der Waals surface area contributed by atoms with E-state index < -0.39 is 214 Å². The molecule has 4 aromatic carbocycles. The van der Waals surface area contributed by atoms with Crippen molar-refractivity contribution in [1.29, 1.82) is 0 Å². The maximum atomic E-state index is 13.6. The number of methoxy groups -OCH3 is 2. The highest BCUT2D eigenvalue weighted by Crippen LogP contribution is 2.45. The van der Waals surface area contributed by atoms with Crippen LogP contribution in [0.2, 0.25) is 0 Å². The predicted molar refractivity (Wildman–Crippen MR) is 316 cm³/mol. The summed E-state index contributed by atoms with van der Waals surface area (Å²) in [4.78, 5) is 50.3. The van der Waals surface area contributed by atoms with Crippen molar-refractivity contribution in [2.45, 2.75) is 129 Å². The average Bonchev–Trinajstić information content (AvgIpc) is 0.770. The smallest absolute Gasteiger partial charge is 0.402 e. The van der Waals surface area contributed by atoms with Gasteiger partial charge in [0.1, 0.15) is 128 Å². The number of aliphatic hydroxyl groups excluding tert-OH is 12. The van der Waals surface area contributed by atoms with Crippen LogP contribution in [0.5, 0.6) is 51.7 Å². The number of ether oxygens (including phenoxy) is 13. The fourth-order valence-electron chi connectivity index (χ4n) is 10.4. The molecule has 0 radical (unpaired) electrons. The number of esters is 3. The van der Waals surface area contributed by atoms with Gasteiger partial charge in [-0.15, -0.1) is 0 Å². The third kappa shape index (κ3) is 16.8. The Kier molecular flexibility index (Phi) is 23.6. The van der Waals surface area contributed by atoms with Gasteiger partial charge in [0.15, 0.2) is 41.5 Å². The Morgan fingerprint density at radius 3 is 1.66 bits per heavy atom. The lowest BCUT2D eigenvalue weighted by molar-refractivity contribution is -0.358. The number of phenols is 4. The first kappa shape index (κ1) is 72.4. The van der Waals surface area contributed by atoms with Crippen LogP contribution in [0.4, 0.5) is 0 Å². The van der Waals surface area contributed by atoms with Gasteiger partial charge in [-0.25, -0.2) is 14.0 Å². The molecule has 4 aliphatic rings. The van der Waals surface area contributed by atoms with E-state index in [1.54, 1.807) is 0 Å². The van der Waals surface area contributed by atoms with Crippen LogP contribution in [0, 0.1) is 0 Å². The SMILES string of the molecule is COc1cc(C=CC(=O)O[C@H]2[C@H](O[C@H]3[C@H](Oc4cc5c(O[C@@H]6O[C@H](COC(=O)CC(=O)O)[C@@H](O)[C@H](O)[C@H]6O)cc(O)cc5[o+]c4-c4ccc(O)c(O)c4)O[C@H](COC(=O)/C=C/c4ccc(O[C@@H]5O[C@H](CO)[C@@H](O)[C@H](O)[C@H]5O)cc4)[C@@H](O)[C@@H]3O)O[C@H](CO)[C@@H](O)[C@@H]2O)cc(OC)c1O. The molecule has 5 heterocycles. The normalized spacial score (nSPS) is 30.5. The van der Waals surface area contributed by atoms with E-state index in [0.29, 0.717) is 5.56 Å². The highest BCUT2D eigenvalue weighted by Gasteiger charge is 2.54. The number of carbonyl (C=O) groups is 4. The van der Waals surface area contributed by atoms with E-state index in [0.717, 1.165) is 42.5 Å². The minimum absolute atomic E-state index is 0.0603. The molecule has 0 amide bonds. The molecule has 0 spiro atoms. The standard InChI is InChI=1S/C62H68O35/c1-84-34-13-25(14-35(85-2)45(34)73)6-12-43(71)96-57-52(80)47(75)38(21-64)93-62(57)97-58-53(81)49(77)40(22-86-42(70)11-5-24-3-8-28(9-4-24)88-59-54(82)50(78)46(74)37(20-63)92-59)95-61(58)91-36-18-29-32(89-56(36)26-7-10-30(66)31(67)15-26)16-27(65)17-33(29)90-60-55(83)51(79)48(76)39(94-60)23-87-44(72)19-41(68)69/h3-18,37-40,46-55,57-64,74-83H,19-23H2,1-2H3,(H4-,65,66,67,68,69,71,73)/p+1/b11-5+/t37-,38-,39-,40-,46-,47-,48-,49-,50+,51+,52+,53+,54-,55-,57-,58-,59-,60-,61-,62+/m1/s1. The summed E-state index contributed by atoms with van der Waals surface area (Å²) >= 11 is 0. The molecule has 0 saturated carbocycles. The number of carboxylic acid groups (broad SMARTS) is 1. The molecule has 1 aromatic heterocycles. The van der Waals surface area contributed by atoms with Gasteiger partial charge < -0.3 is 148 Å². The van der Waals surface area contributed by atoms with Gasteiger partial charge in [-0.1, -0.05) is 12.1 Å². The van der Waals surface area contributed by atoms with Crippen LogP contribution >= 0.6 is 0 Å². The van der Waals surface area contributed by atoms with E-state index in [1.807, 2.05) is 0 Å².